The molecule has 2 saturated heterocycles. The Labute approximate surface area is 231 Å². The molecule has 1 aromatic carbocycles. The van der Waals surface area contributed by atoms with Crippen molar-refractivity contribution in [3.8, 4) is 11.3 Å². The largest absolute Gasteiger partial charge is 0.619 e. The Hall–Kier alpha value is -4.10. The molecule has 4 heterocycles. The lowest BCUT2D eigenvalue weighted by molar-refractivity contribution is -0.607. The van der Waals surface area contributed by atoms with Crippen LogP contribution in [0.25, 0.3) is 11.3 Å². The van der Waals surface area contributed by atoms with E-state index in [1.165, 1.54) is 29.6 Å². The number of carbonyl (C=O) groups is 3. The summed E-state index contributed by atoms with van der Waals surface area (Å²) in [6.07, 6.45) is 5.58. The number of benzene rings is 1. The summed E-state index contributed by atoms with van der Waals surface area (Å²) in [7, 11) is -4.14. The van der Waals surface area contributed by atoms with Gasteiger partial charge in [-0.25, -0.2) is 13.4 Å². The molecule has 40 heavy (non-hydrogen) atoms. The molecular weight excluding hydrogens is 538 g/mol. The lowest BCUT2D eigenvalue weighted by Crippen LogP contribution is -2.53. The van der Waals surface area contributed by atoms with Crippen molar-refractivity contribution in [3.05, 3.63) is 72.2 Å². The average Bonchev–Trinajstić information content (AvgIpc) is 3.67. The maximum atomic E-state index is 13.7. The summed E-state index contributed by atoms with van der Waals surface area (Å²) in [5.41, 5.74) is 1.09. The van der Waals surface area contributed by atoms with Crippen LogP contribution in [-0.4, -0.2) is 71.4 Å². The zero-order valence-corrected chi connectivity index (χ0v) is 22.8. The maximum absolute atomic E-state index is 13.7. The van der Waals surface area contributed by atoms with Crippen molar-refractivity contribution in [2.45, 2.75) is 49.7 Å². The molecule has 12 nitrogen and oxygen atoms in total. The summed E-state index contributed by atoms with van der Waals surface area (Å²) in [4.78, 5) is 45.0. The molecule has 210 valence electrons. The van der Waals surface area contributed by atoms with Crippen LogP contribution in [0.3, 0.4) is 0 Å². The van der Waals surface area contributed by atoms with E-state index in [9.17, 15) is 28.0 Å². The molecule has 5 rings (SSSR count). The molecule has 0 bridgehead atoms. The lowest BCUT2D eigenvalue weighted by atomic mass is 10.0. The summed E-state index contributed by atoms with van der Waals surface area (Å²) in [6.45, 7) is 3.61. The third-order valence-corrected chi connectivity index (χ3v) is 9.04. The molecule has 13 heteroatoms. The first-order valence-corrected chi connectivity index (χ1v) is 14.3. The highest BCUT2D eigenvalue weighted by Gasteiger charge is 2.54. The van der Waals surface area contributed by atoms with Crippen molar-refractivity contribution >= 4 is 27.6 Å². The molecule has 2 aromatic heterocycles. The number of amides is 2. The zero-order chi connectivity index (χ0) is 28.6. The van der Waals surface area contributed by atoms with E-state index in [0.29, 0.717) is 22.5 Å². The van der Waals surface area contributed by atoms with E-state index in [4.69, 9.17) is 4.42 Å². The van der Waals surface area contributed by atoms with Crippen LogP contribution in [0.15, 0.2) is 70.7 Å². The molecule has 0 radical (unpaired) electrons. The smallest absolute Gasteiger partial charge is 0.251 e. The first-order chi connectivity index (χ1) is 19.1. The van der Waals surface area contributed by atoms with Crippen molar-refractivity contribution in [3.63, 3.8) is 0 Å². The number of hydrogen-bond donors (Lipinski definition) is 1. The first kappa shape index (κ1) is 27.5. The number of nitrogens with zero attached hydrogens (tertiary/aromatic N) is 4. The van der Waals surface area contributed by atoms with Gasteiger partial charge in [0.1, 0.15) is 17.0 Å². The maximum Gasteiger partial charge on any atom is 0.251 e. The molecule has 0 spiro atoms. The summed E-state index contributed by atoms with van der Waals surface area (Å²) < 4.78 is 33.3. The van der Waals surface area contributed by atoms with E-state index in [2.05, 4.69) is 10.3 Å². The second-order valence-electron chi connectivity index (χ2n) is 10.3. The van der Waals surface area contributed by atoms with Gasteiger partial charge in [-0.3, -0.25) is 14.4 Å². The third kappa shape index (κ3) is 5.21. The van der Waals surface area contributed by atoms with Crippen LogP contribution in [0.1, 0.15) is 37.0 Å². The Kier molecular flexibility index (Phi) is 7.43. The Morgan fingerprint density at radius 1 is 1.23 bits per heavy atom. The molecule has 0 aliphatic carbocycles. The Balaban J connectivity index is 1.33. The number of Topliss-reactive ketones (excluding diaryl/α,β-unsaturated/α-hetero) is 1. The van der Waals surface area contributed by atoms with Gasteiger partial charge >= 0.3 is 0 Å². The van der Waals surface area contributed by atoms with Crippen LogP contribution in [0.2, 0.25) is 0 Å². The minimum Gasteiger partial charge on any atom is -0.619 e. The number of hydrogen-bond acceptors (Lipinski definition) is 8. The van der Waals surface area contributed by atoms with Crippen molar-refractivity contribution in [2.24, 2.45) is 5.92 Å². The summed E-state index contributed by atoms with van der Waals surface area (Å²) in [5, 5.41) is 14.5. The van der Waals surface area contributed by atoms with Crippen molar-refractivity contribution in [2.75, 3.05) is 13.1 Å². The van der Waals surface area contributed by atoms with Gasteiger partial charge in [0.15, 0.2) is 30.3 Å². The number of oxazole rings is 1. The van der Waals surface area contributed by atoms with E-state index in [1.54, 1.807) is 30.5 Å². The van der Waals surface area contributed by atoms with E-state index < -0.39 is 52.3 Å². The molecule has 2 aliphatic rings. The highest BCUT2D eigenvalue weighted by molar-refractivity contribution is 7.89. The number of rotatable bonds is 8. The standard InChI is InChI=1S/C27H29N5O7S/c1-17(2)12-21(29-26(34)19-7-5-18(6-8-19)24-13-28-16-39-24)27(35)31-11-9-22-25(31)23(33)15-32(22)40(37,38)20-4-3-10-30(36)14-20/h3-8,10,13-14,16-17,21-22,25H,9,11-12,15H2,1-2H3,(H,29,34). The number of likely N-dealkylation sites (tertiary alicyclic amines) is 1. The number of carbonyl (C=O) groups excluding carboxylic acids is 3. The van der Waals surface area contributed by atoms with Crippen molar-refractivity contribution in [1.82, 2.24) is 19.5 Å². The molecule has 3 atom stereocenters. The molecule has 2 fully saturated rings. The van der Waals surface area contributed by atoms with Gasteiger partial charge in [0.25, 0.3) is 5.91 Å². The summed E-state index contributed by atoms with van der Waals surface area (Å²) in [6, 6.07) is 6.67. The minimum absolute atomic E-state index is 0.0505. The first-order valence-electron chi connectivity index (χ1n) is 12.9. The van der Waals surface area contributed by atoms with Crippen LogP contribution in [0, 0.1) is 11.1 Å². The van der Waals surface area contributed by atoms with E-state index in [1.807, 2.05) is 13.8 Å². The van der Waals surface area contributed by atoms with Gasteiger partial charge in [-0.1, -0.05) is 26.0 Å². The number of sulfonamides is 1. The van der Waals surface area contributed by atoms with Gasteiger partial charge < -0.3 is 19.8 Å². The molecule has 0 saturated carbocycles. The quantitative estimate of drug-likeness (QED) is 0.316. The lowest BCUT2D eigenvalue weighted by Gasteiger charge is -2.29. The second-order valence-corrected chi connectivity index (χ2v) is 12.2. The molecular formula is C27H29N5O7S. The number of fused-ring (bicyclic) bond motifs is 1. The fraction of sp³-hybridized carbons (Fsp3) is 0.370. The van der Waals surface area contributed by atoms with Gasteiger partial charge in [-0.05, 0) is 37.0 Å². The van der Waals surface area contributed by atoms with Gasteiger partial charge in [-0.15, -0.1) is 0 Å². The van der Waals surface area contributed by atoms with E-state index in [0.717, 1.165) is 16.1 Å². The monoisotopic (exact) mass is 567 g/mol. The highest BCUT2D eigenvalue weighted by atomic mass is 32.2. The van der Waals surface area contributed by atoms with Crippen LogP contribution in [0.5, 0.6) is 0 Å². The van der Waals surface area contributed by atoms with E-state index in [-0.39, 0.29) is 23.8 Å². The van der Waals surface area contributed by atoms with Gasteiger partial charge in [-0.2, -0.15) is 9.04 Å². The molecule has 3 aromatic rings. The number of nitrogens with one attached hydrogen (secondary N) is 1. The predicted octanol–water partition coefficient (Wildman–Crippen LogP) is 1.36. The second kappa shape index (κ2) is 10.8. The van der Waals surface area contributed by atoms with Gasteiger partial charge in [0.2, 0.25) is 15.9 Å². The predicted molar refractivity (Wildman–Crippen MR) is 141 cm³/mol. The number of pyridine rings is 1. The van der Waals surface area contributed by atoms with Crippen LogP contribution >= 0.6 is 0 Å². The fourth-order valence-electron chi connectivity index (χ4n) is 5.34. The molecule has 2 amide bonds. The van der Waals surface area contributed by atoms with Crippen LogP contribution < -0.4 is 10.0 Å². The Morgan fingerprint density at radius 3 is 2.62 bits per heavy atom. The highest BCUT2D eigenvalue weighted by Crippen LogP contribution is 2.34. The van der Waals surface area contributed by atoms with Crippen LogP contribution in [-0.2, 0) is 19.6 Å². The fourth-order valence-corrected chi connectivity index (χ4v) is 6.97. The average molecular weight is 568 g/mol. The SMILES string of the molecule is CC(C)CC(NC(=O)c1ccc(-c2cnco2)cc1)C(=O)N1CCC2C1C(=O)CN2S(=O)(=O)c1ccc[n+]([O-])c1. The summed E-state index contributed by atoms with van der Waals surface area (Å²) >= 11 is 0. The van der Waals surface area contributed by atoms with Gasteiger partial charge in [0, 0.05) is 23.7 Å². The molecule has 1 N–H and O–H groups in total. The molecule has 2 aliphatic heterocycles. The zero-order valence-electron chi connectivity index (χ0n) is 22.0. The third-order valence-electron chi connectivity index (χ3n) is 7.19. The van der Waals surface area contributed by atoms with Gasteiger partial charge in [0.05, 0.1) is 18.8 Å². The Bertz CT molecular complexity index is 1520. The Morgan fingerprint density at radius 2 is 1.98 bits per heavy atom. The number of aromatic nitrogens is 2. The van der Waals surface area contributed by atoms with Crippen molar-refractivity contribution < 1.29 is 31.9 Å². The van der Waals surface area contributed by atoms with Crippen molar-refractivity contribution in [1.29, 1.82) is 0 Å². The topological polar surface area (TPSA) is 157 Å². The summed E-state index contributed by atoms with van der Waals surface area (Å²) in [5.74, 6) is -0.675. The number of ketones is 1. The van der Waals surface area contributed by atoms with E-state index >= 15 is 0 Å². The van der Waals surface area contributed by atoms with Crippen LogP contribution in [0.4, 0.5) is 0 Å². The minimum atomic E-state index is -4.14. The normalized spacial score (nSPS) is 20.1. The molecule has 3 unspecified atom stereocenters.